The maximum atomic E-state index is 12.3. The summed E-state index contributed by atoms with van der Waals surface area (Å²) in [5.41, 5.74) is -0.977. The highest BCUT2D eigenvalue weighted by Gasteiger charge is 2.46. The van der Waals surface area contributed by atoms with Crippen LogP contribution in [0.4, 0.5) is 0 Å². The smallest absolute Gasteiger partial charge is 0.313 e. The summed E-state index contributed by atoms with van der Waals surface area (Å²) in [7, 11) is 3.09. The number of carbonyl (C=O) groups is 2. The van der Waals surface area contributed by atoms with Crippen LogP contribution in [0.25, 0.3) is 0 Å². The monoisotopic (exact) mass is 339 g/mol. The zero-order valence-corrected chi connectivity index (χ0v) is 14.1. The first-order valence-corrected chi connectivity index (χ1v) is 8.26. The van der Waals surface area contributed by atoms with E-state index in [0.717, 1.165) is 10.6 Å². The lowest BCUT2D eigenvalue weighted by Crippen LogP contribution is -2.40. The Bertz CT molecular complexity index is 562. The normalized spacial score (nSPS) is 20.5. The van der Waals surface area contributed by atoms with Gasteiger partial charge in [-0.2, -0.15) is 0 Å². The van der Waals surface area contributed by atoms with Crippen molar-refractivity contribution in [3.63, 3.8) is 0 Å². The maximum absolute atomic E-state index is 12.3. The molecule has 1 aliphatic heterocycles. The molecule has 0 bridgehead atoms. The number of aliphatic carboxylic acids is 1. The van der Waals surface area contributed by atoms with E-state index in [1.807, 2.05) is 24.3 Å². The van der Waals surface area contributed by atoms with Crippen LogP contribution in [0.15, 0.2) is 29.2 Å². The van der Waals surface area contributed by atoms with E-state index in [2.05, 4.69) is 0 Å². The highest BCUT2D eigenvalue weighted by atomic mass is 32.2. The molecular weight excluding hydrogens is 318 g/mol. The number of benzene rings is 1. The minimum atomic E-state index is -0.977. The molecule has 7 heteroatoms. The quantitative estimate of drug-likeness (QED) is 0.763. The zero-order valence-electron chi connectivity index (χ0n) is 13.3. The Morgan fingerprint density at radius 2 is 2.00 bits per heavy atom. The number of likely N-dealkylation sites (tertiary alicyclic amines) is 1. The number of amides is 1. The van der Waals surface area contributed by atoms with Crippen molar-refractivity contribution in [2.45, 2.75) is 11.3 Å². The lowest BCUT2D eigenvalue weighted by Gasteiger charge is -2.23. The van der Waals surface area contributed by atoms with Gasteiger partial charge in [0.05, 0.1) is 19.5 Å². The third-order valence-corrected chi connectivity index (χ3v) is 5.00. The molecule has 1 heterocycles. The van der Waals surface area contributed by atoms with Crippen LogP contribution in [0.3, 0.4) is 0 Å². The van der Waals surface area contributed by atoms with E-state index in [1.54, 1.807) is 12.0 Å². The van der Waals surface area contributed by atoms with Gasteiger partial charge >= 0.3 is 5.97 Å². The molecule has 1 unspecified atom stereocenters. The van der Waals surface area contributed by atoms with E-state index >= 15 is 0 Å². The SMILES string of the molecule is COCC1(C(=O)O)CCN(C(=O)CSc2ccc(OC)cc2)C1. The Morgan fingerprint density at radius 1 is 1.30 bits per heavy atom. The molecule has 1 aliphatic rings. The van der Waals surface area contributed by atoms with Gasteiger partial charge in [-0.3, -0.25) is 9.59 Å². The largest absolute Gasteiger partial charge is 0.497 e. The van der Waals surface area contributed by atoms with E-state index in [1.165, 1.54) is 18.9 Å². The van der Waals surface area contributed by atoms with E-state index in [4.69, 9.17) is 9.47 Å². The zero-order chi connectivity index (χ0) is 16.9. The standard InChI is InChI=1S/C16H21NO5S/c1-21-11-16(15(19)20)7-8-17(10-16)14(18)9-23-13-5-3-12(22-2)4-6-13/h3-6H,7-11H2,1-2H3,(H,19,20). The molecule has 1 aromatic carbocycles. The summed E-state index contributed by atoms with van der Waals surface area (Å²) >= 11 is 1.43. The third kappa shape index (κ3) is 4.17. The van der Waals surface area contributed by atoms with Crippen molar-refractivity contribution in [1.29, 1.82) is 0 Å². The molecule has 1 atom stereocenters. The Morgan fingerprint density at radius 3 is 2.57 bits per heavy atom. The Hall–Kier alpha value is -1.73. The summed E-state index contributed by atoms with van der Waals surface area (Å²) in [5.74, 6) is 0.100. The molecule has 1 fully saturated rings. The number of carboxylic acid groups (broad SMARTS) is 1. The van der Waals surface area contributed by atoms with Crippen LogP contribution in [0.1, 0.15) is 6.42 Å². The van der Waals surface area contributed by atoms with Gasteiger partial charge in [-0.15, -0.1) is 11.8 Å². The van der Waals surface area contributed by atoms with E-state index in [9.17, 15) is 14.7 Å². The molecule has 0 radical (unpaired) electrons. The lowest BCUT2D eigenvalue weighted by atomic mass is 9.88. The topological polar surface area (TPSA) is 76.1 Å². The number of hydrogen-bond donors (Lipinski definition) is 1. The molecule has 2 rings (SSSR count). The van der Waals surface area contributed by atoms with Gasteiger partial charge in [-0.1, -0.05) is 0 Å². The number of thioether (sulfide) groups is 1. The van der Waals surface area contributed by atoms with Crippen LogP contribution in [0.2, 0.25) is 0 Å². The van der Waals surface area contributed by atoms with Gasteiger partial charge in [-0.05, 0) is 30.7 Å². The molecule has 0 spiro atoms. The molecule has 126 valence electrons. The second kappa shape index (κ2) is 7.70. The van der Waals surface area contributed by atoms with E-state index in [-0.39, 0.29) is 24.8 Å². The number of hydrogen-bond acceptors (Lipinski definition) is 5. The third-order valence-electron chi connectivity index (χ3n) is 4.00. The Labute approximate surface area is 139 Å². The summed E-state index contributed by atoms with van der Waals surface area (Å²) in [5, 5.41) is 9.42. The summed E-state index contributed by atoms with van der Waals surface area (Å²) in [6.45, 7) is 0.785. The van der Waals surface area contributed by atoms with Gasteiger partial charge in [0.1, 0.15) is 11.2 Å². The molecular formula is C16H21NO5S. The number of rotatable bonds is 7. The molecule has 0 aromatic heterocycles. The van der Waals surface area contributed by atoms with E-state index < -0.39 is 11.4 Å². The Balaban J connectivity index is 1.90. The minimum Gasteiger partial charge on any atom is -0.497 e. The van der Waals surface area contributed by atoms with Crippen molar-refractivity contribution in [2.75, 3.05) is 39.7 Å². The van der Waals surface area contributed by atoms with Crippen LogP contribution < -0.4 is 4.74 Å². The van der Waals surface area contributed by atoms with Crippen LogP contribution in [0.5, 0.6) is 5.75 Å². The first-order chi connectivity index (χ1) is 11.0. The number of carbonyl (C=O) groups excluding carboxylic acids is 1. The summed E-state index contributed by atoms with van der Waals surface area (Å²) in [6.07, 6.45) is 0.426. The Kier molecular flexibility index (Phi) is 5.90. The molecule has 0 saturated carbocycles. The predicted octanol–water partition coefficient (Wildman–Crippen LogP) is 1.74. The fraction of sp³-hybridized carbons (Fsp3) is 0.500. The molecule has 23 heavy (non-hydrogen) atoms. The van der Waals surface area contributed by atoms with Gasteiger partial charge in [0.2, 0.25) is 5.91 Å². The van der Waals surface area contributed by atoms with Gasteiger partial charge in [-0.25, -0.2) is 0 Å². The number of carboxylic acids is 1. The first-order valence-electron chi connectivity index (χ1n) is 7.28. The van der Waals surface area contributed by atoms with Gasteiger partial charge < -0.3 is 19.5 Å². The van der Waals surface area contributed by atoms with Crippen molar-refractivity contribution in [1.82, 2.24) is 4.90 Å². The highest BCUT2D eigenvalue weighted by molar-refractivity contribution is 8.00. The van der Waals surface area contributed by atoms with Gasteiger partial charge in [0, 0.05) is 25.1 Å². The highest BCUT2D eigenvalue weighted by Crippen LogP contribution is 2.32. The van der Waals surface area contributed by atoms with Crippen molar-refractivity contribution in [3.05, 3.63) is 24.3 Å². The molecule has 1 saturated heterocycles. The van der Waals surface area contributed by atoms with Crippen LogP contribution in [0, 0.1) is 5.41 Å². The number of ether oxygens (including phenoxy) is 2. The van der Waals surface area contributed by atoms with Gasteiger partial charge in [0.25, 0.3) is 0 Å². The molecule has 0 aliphatic carbocycles. The first kappa shape index (κ1) is 17.6. The molecule has 1 N–H and O–H groups in total. The average Bonchev–Trinajstić information content (AvgIpc) is 2.99. The van der Waals surface area contributed by atoms with Crippen molar-refractivity contribution in [3.8, 4) is 5.75 Å². The second-order valence-electron chi connectivity index (χ2n) is 5.55. The fourth-order valence-corrected chi connectivity index (χ4v) is 3.43. The minimum absolute atomic E-state index is 0.0509. The van der Waals surface area contributed by atoms with Crippen molar-refractivity contribution < 1.29 is 24.2 Å². The lowest BCUT2D eigenvalue weighted by molar-refractivity contribution is -0.151. The number of nitrogens with zero attached hydrogens (tertiary/aromatic N) is 1. The summed E-state index contributed by atoms with van der Waals surface area (Å²) in [4.78, 5) is 26.4. The van der Waals surface area contributed by atoms with Gasteiger partial charge in [0.15, 0.2) is 0 Å². The summed E-state index contributed by atoms with van der Waals surface area (Å²) in [6, 6.07) is 7.48. The van der Waals surface area contributed by atoms with Crippen molar-refractivity contribution in [2.24, 2.45) is 5.41 Å². The predicted molar refractivity (Wildman–Crippen MR) is 86.9 cm³/mol. The van der Waals surface area contributed by atoms with Crippen LogP contribution in [-0.2, 0) is 14.3 Å². The molecule has 6 nitrogen and oxygen atoms in total. The van der Waals surface area contributed by atoms with E-state index in [0.29, 0.717) is 13.0 Å². The number of methoxy groups -OCH3 is 2. The molecule has 1 amide bonds. The maximum Gasteiger partial charge on any atom is 0.313 e. The van der Waals surface area contributed by atoms with Crippen LogP contribution in [-0.4, -0.2) is 61.6 Å². The average molecular weight is 339 g/mol. The fourth-order valence-electron chi connectivity index (χ4n) is 2.62. The molecule has 1 aromatic rings. The second-order valence-corrected chi connectivity index (χ2v) is 6.60. The van der Waals surface area contributed by atoms with Crippen LogP contribution >= 0.6 is 11.8 Å². The van der Waals surface area contributed by atoms with Crippen molar-refractivity contribution >= 4 is 23.6 Å². The summed E-state index contributed by atoms with van der Waals surface area (Å²) < 4.78 is 10.1.